The summed E-state index contributed by atoms with van der Waals surface area (Å²) in [6, 6.07) is 5.83. The summed E-state index contributed by atoms with van der Waals surface area (Å²) >= 11 is 0. The number of phenols is 1. The van der Waals surface area contributed by atoms with E-state index in [1.54, 1.807) is 45.0 Å². The number of unbranched alkanes of at least 4 members (excludes halogenated alkanes) is 2. The third-order valence-corrected chi connectivity index (χ3v) is 3.46. The zero-order valence-electron chi connectivity index (χ0n) is 15.6. The van der Waals surface area contributed by atoms with Gasteiger partial charge in [0.2, 0.25) is 5.91 Å². The Bertz CT molecular complexity index is 550. The molecule has 3 N–H and O–H groups in total. The Morgan fingerprint density at radius 3 is 2.36 bits per heavy atom. The van der Waals surface area contributed by atoms with Gasteiger partial charge >= 0.3 is 6.09 Å². The Morgan fingerprint density at radius 2 is 1.80 bits per heavy atom. The Morgan fingerprint density at radius 1 is 1.16 bits per heavy atom. The van der Waals surface area contributed by atoms with E-state index < -0.39 is 17.7 Å². The number of aromatic hydroxyl groups is 1. The van der Waals surface area contributed by atoms with Crippen LogP contribution < -0.4 is 10.6 Å². The number of alkyl carbamates (subject to hydrolysis) is 1. The van der Waals surface area contributed by atoms with Crippen LogP contribution in [0.15, 0.2) is 24.3 Å². The number of nitrogens with one attached hydrogen (secondary N) is 2. The van der Waals surface area contributed by atoms with Crippen LogP contribution in [0.5, 0.6) is 5.75 Å². The van der Waals surface area contributed by atoms with Gasteiger partial charge in [0.1, 0.15) is 17.4 Å². The first-order chi connectivity index (χ1) is 11.7. The maximum Gasteiger partial charge on any atom is 0.408 e. The lowest BCUT2D eigenvalue weighted by Crippen LogP contribution is -2.49. The van der Waals surface area contributed by atoms with Gasteiger partial charge in [0.15, 0.2) is 0 Å². The molecule has 1 aromatic rings. The molecule has 0 aromatic heterocycles. The van der Waals surface area contributed by atoms with E-state index in [0.717, 1.165) is 24.8 Å². The van der Waals surface area contributed by atoms with Crippen molar-refractivity contribution in [2.75, 3.05) is 6.54 Å². The molecule has 0 unspecified atom stereocenters. The van der Waals surface area contributed by atoms with Crippen molar-refractivity contribution in [3.05, 3.63) is 29.8 Å². The van der Waals surface area contributed by atoms with Crippen LogP contribution in [0.1, 0.15) is 52.5 Å². The Hall–Kier alpha value is -2.24. The lowest BCUT2D eigenvalue weighted by atomic mass is 10.0. The van der Waals surface area contributed by atoms with Crippen molar-refractivity contribution in [3.8, 4) is 5.75 Å². The second kappa shape index (κ2) is 9.91. The zero-order valence-corrected chi connectivity index (χ0v) is 15.6. The first kappa shape index (κ1) is 20.8. The highest BCUT2D eigenvalue weighted by Gasteiger charge is 2.24. The average molecular weight is 350 g/mol. The highest BCUT2D eigenvalue weighted by Crippen LogP contribution is 2.12. The number of phenolic OH excluding ortho intramolecular Hbond substituents is 1. The normalized spacial score (nSPS) is 12.3. The molecule has 1 atom stereocenters. The minimum absolute atomic E-state index is 0.157. The lowest BCUT2D eigenvalue weighted by Gasteiger charge is -2.23. The molecule has 1 aromatic carbocycles. The molecule has 2 amide bonds. The largest absolute Gasteiger partial charge is 0.508 e. The molecule has 0 heterocycles. The number of carbonyl (C=O) groups excluding carboxylic acids is 2. The minimum atomic E-state index is -0.735. The summed E-state index contributed by atoms with van der Waals surface area (Å²) in [6.45, 7) is 7.99. The van der Waals surface area contributed by atoms with Gasteiger partial charge in [0, 0.05) is 13.0 Å². The van der Waals surface area contributed by atoms with Crippen LogP contribution in [-0.4, -0.2) is 35.3 Å². The van der Waals surface area contributed by atoms with E-state index in [1.807, 2.05) is 0 Å². The molecule has 0 saturated heterocycles. The molecule has 0 radical (unpaired) electrons. The molecule has 6 nitrogen and oxygen atoms in total. The number of rotatable bonds is 8. The summed E-state index contributed by atoms with van der Waals surface area (Å²) in [5, 5.41) is 14.9. The van der Waals surface area contributed by atoms with Crippen LogP contribution in [0.3, 0.4) is 0 Å². The number of hydrogen-bond donors (Lipinski definition) is 3. The van der Waals surface area contributed by atoms with E-state index >= 15 is 0 Å². The lowest BCUT2D eigenvalue weighted by molar-refractivity contribution is -0.123. The maximum atomic E-state index is 12.4. The maximum absolute atomic E-state index is 12.4. The van der Waals surface area contributed by atoms with Gasteiger partial charge in [-0.25, -0.2) is 4.79 Å². The molecular weight excluding hydrogens is 320 g/mol. The first-order valence-corrected chi connectivity index (χ1v) is 8.76. The molecular formula is C19H30N2O4. The van der Waals surface area contributed by atoms with E-state index in [-0.39, 0.29) is 11.7 Å². The van der Waals surface area contributed by atoms with Crippen molar-refractivity contribution in [2.45, 2.75) is 65.0 Å². The predicted octanol–water partition coefficient (Wildman–Crippen LogP) is 3.13. The molecule has 6 heteroatoms. The molecule has 25 heavy (non-hydrogen) atoms. The van der Waals surface area contributed by atoms with E-state index in [0.29, 0.717) is 13.0 Å². The average Bonchev–Trinajstić information content (AvgIpc) is 2.51. The first-order valence-electron chi connectivity index (χ1n) is 8.76. The van der Waals surface area contributed by atoms with Crippen LogP contribution in [0.4, 0.5) is 4.79 Å². The SMILES string of the molecule is CCCCCNC(=O)[C@H](Cc1ccc(O)cc1)NC(=O)OC(C)(C)C. The predicted molar refractivity (Wildman–Crippen MR) is 97.5 cm³/mol. The second-order valence-electron chi connectivity index (χ2n) is 7.07. The second-order valence-corrected chi connectivity index (χ2v) is 7.07. The molecule has 0 saturated carbocycles. The fourth-order valence-electron chi connectivity index (χ4n) is 2.24. The van der Waals surface area contributed by atoms with Crippen molar-refractivity contribution < 1.29 is 19.4 Å². The number of benzene rings is 1. The monoisotopic (exact) mass is 350 g/mol. The van der Waals surface area contributed by atoms with Gasteiger partial charge in [0.05, 0.1) is 0 Å². The molecule has 0 aliphatic heterocycles. The Labute approximate surface area is 150 Å². The van der Waals surface area contributed by atoms with Gasteiger partial charge in [-0.15, -0.1) is 0 Å². The van der Waals surface area contributed by atoms with Crippen molar-refractivity contribution in [1.82, 2.24) is 10.6 Å². The van der Waals surface area contributed by atoms with Gasteiger partial charge < -0.3 is 20.5 Å². The third kappa shape index (κ3) is 8.98. The summed E-state index contributed by atoms with van der Waals surface area (Å²) < 4.78 is 5.25. The van der Waals surface area contributed by atoms with Crippen LogP contribution in [0.2, 0.25) is 0 Å². The Balaban J connectivity index is 2.72. The van der Waals surface area contributed by atoms with E-state index in [2.05, 4.69) is 17.6 Å². The van der Waals surface area contributed by atoms with Crippen LogP contribution >= 0.6 is 0 Å². The van der Waals surface area contributed by atoms with Gasteiger partial charge in [-0.3, -0.25) is 4.79 Å². The van der Waals surface area contributed by atoms with Crippen molar-refractivity contribution in [1.29, 1.82) is 0 Å². The summed E-state index contributed by atoms with van der Waals surface area (Å²) in [6.07, 6.45) is 2.71. The van der Waals surface area contributed by atoms with Gasteiger partial charge in [-0.2, -0.15) is 0 Å². The third-order valence-electron chi connectivity index (χ3n) is 3.46. The topological polar surface area (TPSA) is 87.7 Å². The number of amides is 2. The zero-order chi connectivity index (χ0) is 18.9. The Kier molecular flexibility index (Phi) is 8.25. The molecule has 0 bridgehead atoms. The summed E-state index contributed by atoms with van der Waals surface area (Å²) in [4.78, 5) is 24.5. The van der Waals surface area contributed by atoms with E-state index in [4.69, 9.17) is 4.74 Å². The van der Waals surface area contributed by atoms with Crippen molar-refractivity contribution in [3.63, 3.8) is 0 Å². The van der Waals surface area contributed by atoms with Crippen molar-refractivity contribution in [2.24, 2.45) is 0 Å². The van der Waals surface area contributed by atoms with Crippen molar-refractivity contribution >= 4 is 12.0 Å². The van der Waals surface area contributed by atoms with Crippen LogP contribution in [0.25, 0.3) is 0 Å². The molecule has 140 valence electrons. The summed E-state index contributed by atoms with van der Waals surface area (Å²) in [7, 11) is 0. The van der Waals surface area contributed by atoms with Crippen LogP contribution in [-0.2, 0) is 16.0 Å². The summed E-state index contributed by atoms with van der Waals surface area (Å²) in [5.41, 5.74) is 0.202. The standard InChI is InChI=1S/C19H30N2O4/c1-5-6-7-12-20-17(23)16(21-18(24)25-19(2,3)4)13-14-8-10-15(22)11-9-14/h8-11,16,22H,5-7,12-13H2,1-4H3,(H,20,23)(H,21,24)/t16-/m0/s1. The van der Waals surface area contributed by atoms with Gasteiger partial charge in [-0.1, -0.05) is 31.9 Å². The molecule has 0 fully saturated rings. The number of carbonyl (C=O) groups is 2. The fraction of sp³-hybridized carbons (Fsp3) is 0.579. The van der Waals surface area contributed by atoms with E-state index in [1.165, 1.54) is 0 Å². The van der Waals surface area contributed by atoms with Gasteiger partial charge in [0.25, 0.3) is 0 Å². The highest BCUT2D eigenvalue weighted by molar-refractivity contribution is 5.86. The highest BCUT2D eigenvalue weighted by atomic mass is 16.6. The number of ether oxygens (including phenoxy) is 1. The van der Waals surface area contributed by atoms with Gasteiger partial charge in [-0.05, 0) is 44.9 Å². The fourth-order valence-corrected chi connectivity index (χ4v) is 2.24. The smallest absolute Gasteiger partial charge is 0.408 e. The quantitative estimate of drug-likeness (QED) is 0.629. The molecule has 0 aliphatic rings. The minimum Gasteiger partial charge on any atom is -0.508 e. The van der Waals surface area contributed by atoms with E-state index in [9.17, 15) is 14.7 Å². The molecule has 0 spiro atoms. The molecule has 1 rings (SSSR count). The van der Waals surface area contributed by atoms with Crippen LogP contribution in [0, 0.1) is 0 Å². The molecule has 0 aliphatic carbocycles. The number of hydrogen-bond acceptors (Lipinski definition) is 4. The summed E-state index contributed by atoms with van der Waals surface area (Å²) in [5.74, 6) is -0.0838.